The lowest BCUT2D eigenvalue weighted by Gasteiger charge is -2.32. The lowest BCUT2D eigenvalue weighted by atomic mass is 10.0. The first kappa shape index (κ1) is 14.3. The van der Waals surface area contributed by atoms with Crippen molar-refractivity contribution >= 4 is 11.0 Å². The Morgan fingerprint density at radius 2 is 1.74 bits per heavy atom. The van der Waals surface area contributed by atoms with E-state index in [-0.39, 0.29) is 5.82 Å². The number of benzene rings is 2. The molecule has 1 fully saturated rings. The topological polar surface area (TPSA) is 34.0 Å². The third-order valence-corrected chi connectivity index (χ3v) is 4.60. The number of aromatic nitrogens is 3. The summed E-state index contributed by atoms with van der Waals surface area (Å²) in [7, 11) is 0. The van der Waals surface area contributed by atoms with Gasteiger partial charge in [0.15, 0.2) is 0 Å². The van der Waals surface area contributed by atoms with Crippen molar-refractivity contribution < 1.29 is 4.39 Å². The van der Waals surface area contributed by atoms with Crippen molar-refractivity contribution in [1.29, 1.82) is 0 Å². The van der Waals surface area contributed by atoms with E-state index in [2.05, 4.69) is 26.0 Å². The van der Waals surface area contributed by atoms with Crippen molar-refractivity contribution in [1.82, 2.24) is 19.9 Å². The van der Waals surface area contributed by atoms with Gasteiger partial charge in [0.25, 0.3) is 0 Å². The van der Waals surface area contributed by atoms with Gasteiger partial charge in [0.2, 0.25) is 0 Å². The summed E-state index contributed by atoms with van der Waals surface area (Å²) < 4.78 is 15.0. The van der Waals surface area contributed by atoms with Crippen LogP contribution in [0.1, 0.15) is 24.4 Å². The van der Waals surface area contributed by atoms with Gasteiger partial charge in [-0.05, 0) is 42.7 Å². The molecule has 0 saturated carbocycles. The predicted octanol–water partition coefficient (Wildman–Crippen LogP) is 3.41. The monoisotopic (exact) mass is 310 g/mol. The van der Waals surface area contributed by atoms with Gasteiger partial charge in [0, 0.05) is 19.6 Å². The zero-order valence-electron chi connectivity index (χ0n) is 12.9. The second kappa shape index (κ2) is 6.08. The maximum Gasteiger partial charge on any atom is 0.123 e. The Labute approximate surface area is 134 Å². The van der Waals surface area contributed by atoms with E-state index in [0.717, 1.165) is 49.1 Å². The van der Waals surface area contributed by atoms with Crippen LogP contribution in [0.15, 0.2) is 48.5 Å². The molecular formula is C18H19FN4. The van der Waals surface area contributed by atoms with Gasteiger partial charge < -0.3 is 0 Å². The molecule has 0 unspecified atom stereocenters. The summed E-state index contributed by atoms with van der Waals surface area (Å²) in [6.45, 7) is 2.93. The van der Waals surface area contributed by atoms with Crippen LogP contribution in [0.3, 0.4) is 0 Å². The molecule has 0 spiro atoms. The highest BCUT2D eigenvalue weighted by molar-refractivity contribution is 5.73. The van der Waals surface area contributed by atoms with Gasteiger partial charge in [-0.15, -0.1) is 5.10 Å². The molecule has 23 heavy (non-hydrogen) atoms. The zero-order chi connectivity index (χ0) is 15.6. The summed E-state index contributed by atoms with van der Waals surface area (Å²) in [6.07, 6.45) is 2.13. The van der Waals surface area contributed by atoms with Crippen molar-refractivity contribution in [2.24, 2.45) is 0 Å². The molecule has 3 aromatic rings. The fourth-order valence-electron chi connectivity index (χ4n) is 3.33. The summed E-state index contributed by atoms with van der Waals surface area (Å²) in [5.41, 5.74) is 3.24. The Bertz CT molecular complexity index is 788. The molecule has 0 amide bonds. The van der Waals surface area contributed by atoms with Crippen LogP contribution in [0.4, 0.5) is 4.39 Å². The average molecular weight is 310 g/mol. The van der Waals surface area contributed by atoms with Crippen molar-refractivity contribution in [3.63, 3.8) is 0 Å². The van der Waals surface area contributed by atoms with Crippen LogP contribution in [0, 0.1) is 5.82 Å². The zero-order valence-corrected chi connectivity index (χ0v) is 12.9. The van der Waals surface area contributed by atoms with Gasteiger partial charge in [-0.2, -0.15) is 0 Å². The Hall–Kier alpha value is -2.27. The highest BCUT2D eigenvalue weighted by atomic mass is 19.1. The molecule has 0 atom stereocenters. The molecule has 0 aliphatic carbocycles. The molecule has 5 heteroatoms. The number of hydrogen-bond acceptors (Lipinski definition) is 3. The Kier molecular flexibility index (Phi) is 3.79. The smallest absolute Gasteiger partial charge is 0.123 e. The van der Waals surface area contributed by atoms with Crippen molar-refractivity contribution in [2.45, 2.75) is 25.4 Å². The lowest BCUT2D eigenvalue weighted by Crippen LogP contribution is -2.34. The van der Waals surface area contributed by atoms with Gasteiger partial charge in [-0.3, -0.25) is 4.90 Å². The molecule has 0 N–H and O–H groups in total. The van der Waals surface area contributed by atoms with Gasteiger partial charge in [0.05, 0.1) is 11.6 Å². The van der Waals surface area contributed by atoms with Crippen LogP contribution >= 0.6 is 0 Å². The SMILES string of the molecule is Fc1ccc(CN2CCC(n3nnc4ccccc43)CC2)cc1. The van der Waals surface area contributed by atoms with E-state index in [0.29, 0.717) is 6.04 Å². The average Bonchev–Trinajstić information content (AvgIpc) is 3.02. The van der Waals surface area contributed by atoms with Crippen molar-refractivity contribution in [2.75, 3.05) is 13.1 Å². The normalized spacial score (nSPS) is 16.9. The minimum Gasteiger partial charge on any atom is -0.299 e. The van der Waals surface area contributed by atoms with E-state index < -0.39 is 0 Å². The molecule has 4 rings (SSSR count). The van der Waals surface area contributed by atoms with Crippen molar-refractivity contribution in [3.8, 4) is 0 Å². The first-order valence-corrected chi connectivity index (χ1v) is 8.06. The molecule has 1 saturated heterocycles. The van der Waals surface area contributed by atoms with E-state index in [4.69, 9.17) is 0 Å². The summed E-state index contributed by atoms with van der Waals surface area (Å²) in [6, 6.07) is 15.3. The molecule has 2 aromatic carbocycles. The maximum atomic E-state index is 13.0. The summed E-state index contributed by atoms with van der Waals surface area (Å²) in [4.78, 5) is 2.42. The number of fused-ring (bicyclic) bond motifs is 1. The van der Waals surface area contributed by atoms with Crippen molar-refractivity contribution in [3.05, 3.63) is 59.9 Å². The van der Waals surface area contributed by atoms with Crippen LogP contribution in [0.25, 0.3) is 11.0 Å². The molecule has 1 aliphatic heterocycles. The fourth-order valence-corrected chi connectivity index (χ4v) is 3.33. The van der Waals surface area contributed by atoms with E-state index in [1.165, 1.54) is 12.1 Å². The minimum absolute atomic E-state index is 0.175. The van der Waals surface area contributed by atoms with E-state index >= 15 is 0 Å². The van der Waals surface area contributed by atoms with Gasteiger partial charge in [0.1, 0.15) is 11.3 Å². The quantitative estimate of drug-likeness (QED) is 0.743. The Balaban J connectivity index is 1.42. The number of halogens is 1. The highest BCUT2D eigenvalue weighted by Crippen LogP contribution is 2.26. The second-order valence-corrected chi connectivity index (χ2v) is 6.16. The molecule has 1 aromatic heterocycles. The summed E-state index contributed by atoms with van der Waals surface area (Å²) >= 11 is 0. The molecular weight excluding hydrogens is 291 g/mol. The van der Waals surface area contributed by atoms with Crippen LogP contribution in [-0.2, 0) is 6.54 Å². The molecule has 2 heterocycles. The van der Waals surface area contributed by atoms with Gasteiger partial charge in [-0.25, -0.2) is 9.07 Å². The Morgan fingerprint density at radius 3 is 2.52 bits per heavy atom. The van der Waals surface area contributed by atoms with Gasteiger partial charge >= 0.3 is 0 Å². The van der Waals surface area contributed by atoms with Crippen LogP contribution in [0.2, 0.25) is 0 Å². The third-order valence-electron chi connectivity index (χ3n) is 4.60. The third kappa shape index (κ3) is 2.97. The van der Waals surface area contributed by atoms with Crippen LogP contribution < -0.4 is 0 Å². The minimum atomic E-state index is -0.175. The van der Waals surface area contributed by atoms with E-state index in [1.807, 2.05) is 30.3 Å². The predicted molar refractivity (Wildman–Crippen MR) is 87.5 cm³/mol. The molecule has 1 aliphatic rings. The summed E-state index contributed by atoms with van der Waals surface area (Å²) in [5, 5.41) is 8.60. The fraction of sp³-hybridized carbons (Fsp3) is 0.333. The van der Waals surface area contributed by atoms with Crippen LogP contribution in [0.5, 0.6) is 0 Å². The largest absolute Gasteiger partial charge is 0.299 e. The molecule has 0 radical (unpaired) electrons. The van der Waals surface area contributed by atoms with Gasteiger partial charge in [-0.1, -0.05) is 29.5 Å². The Morgan fingerprint density at radius 1 is 1.00 bits per heavy atom. The first-order valence-electron chi connectivity index (χ1n) is 8.06. The molecule has 4 nitrogen and oxygen atoms in total. The standard InChI is InChI=1S/C18H19FN4/c19-15-7-5-14(6-8-15)13-22-11-9-16(10-12-22)23-18-4-2-1-3-17(18)20-21-23/h1-8,16H,9-13H2. The number of nitrogens with zero attached hydrogens (tertiary/aromatic N) is 4. The first-order chi connectivity index (χ1) is 11.3. The highest BCUT2D eigenvalue weighted by Gasteiger charge is 2.22. The number of piperidine rings is 1. The van der Waals surface area contributed by atoms with E-state index in [1.54, 1.807) is 0 Å². The van der Waals surface area contributed by atoms with Crippen LogP contribution in [-0.4, -0.2) is 33.0 Å². The molecule has 0 bridgehead atoms. The second-order valence-electron chi connectivity index (χ2n) is 6.16. The number of rotatable bonds is 3. The maximum absolute atomic E-state index is 13.0. The lowest BCUT2D eigenvalue weighted by molar-refractivity contribution is 0.174. The number of hydrogen-bond donors (Lipinski definition) is 0. The number of para-hydroxylation sites is 1. The summed E-state index contributed by atoms with van der Waals surface area (Å²) in [5.74, 6) is -0.175. The molecule has 118 valence electrons. The van der Waals surface area contributed by atoms with E-state index in [9.17, 15) is 4.39 Å². The number of likely N-dealkylation sites (tertiary alicyclic amines) is 1.